The molecule has 0 unspecified atom stereocenters. The zero-order valence-electron chi connectivity index (χ0n) is 14.3. The van der Waals surface area contributed by atoms with Crippen molar-refractivity contribution in [3.8, 4) is 0 Å². The number of rotatable bonds is 4. The molecule has 0 radical (unpaired) electrons. The molecule has 1 saturated heterocycles. The third kappa shape index (κ3) is 5.07. The van der Waals surface area contributed by atoms with E-state index in [1.54, 1.807) is 24.8 Å². The molecule has 0 atom stereocenters. The highest BCUT2D eigenvalue weighted by molar-refractivity contribution is 5.89. The van der Waals surface area contributed by atoms with E-state index in [9.17, 15) is 19.7 Å². The number of nitrogens with one attached hydrogen (secondary N) is 2. The van der Waals surface area contributed by atoms with Crippen molar-refractivity contribution in [2.24, 2.45) is 0 Å². The lowest BCUT2D eigenvalue weighted by Gasteiger charge is -2.31. The summed E-state index contributed by atoms with van der Waals surface area (Å²) in [7, 11) is 0. The normalized spacial score (nSPS) is 14.7. The standard InChI is InChI=1S/C16H22N4O5/c1-3-25-16(22)19-8-6-12(7-9-19)17-15(21)18-13-4-5-14(20(23)24)11(2)10-13/h4-5,10,12H,3,6-9H2,1-2H3,(H2,17,18,21). The lowest BCUT2D eigenvalue weighted by Crippen LogP contribution is -2.47. The second-order valence-electron chi connectivity index (χ2n) is 5.82. The molecule has 1 aliphatic heterocycles. The van der Waals surface area contributed by atoms with Crippen LogP contribution in [0.3, 0.4) is 0 Å². The Morgan fingerprint density at radius 3 is 2.60 bits per heavy atom. The summed E-state index contributed by atoms with van der Waals surface area (Å²) in [6.45, 7) is 4.78. The molecule has 0 bridgehead atoms. The van der Waals surface area contributed by atoms with Crippen LogP contribution in [-0.2, 0) is 4.74 Å². The number of urea groups is 1. The van der Waals surface area contributed by atoms with E-state index in [-0.39, 0.29) is 23.9 Å². The first kappa shape index (κ1) is 18.5. The van der Waals surface area contributed by atoms with E-state index in [0.717, 1.165) is 0 Å². The number of amides is 3. The fraction of sp³-hybridized carbons (Fsp3) is 0.500. The highest BCUT2D eigenvalue weighted by atomic mass is 16.6. The van der Waals surface area contributed by atoms with E-state index in [1.165, 1.54) is 12.1 Å². The zero-order valence-corrected chi connectivity index (χ0v) is 14.3. The van der Waals surface area contributed by atoms with E-state index in [2.05, 4.69) is 10.6 Å². The van der Waals surface area contributed by atoms with Crippen LogP contribution in [0.2, 0.25) is 0 Å². The molecule has 9 nitrogen and oxygen atoms in total. The number of likely N-dealkylation sites (tertiary alicyclic amines) is 1. The Morgan fingerprint density at radius 1 is 1.36 bits per heavy atom. The molecule has 0 spiro atoms. The lowest BCUT2D eigenvalue weighted by atomic mass is 10.1. The van der Waals surface area contributed by atoms with Gasteiger partial charge in [0.1, 0.15) is 0 Å². The van der Waals surface area contributed by atoms with E-state index in [0.29, 0.717) is 43.8 Å². The number of carbonyl (C=O) groups is 2. The fourth-order valence-electron chi connectivity index (χ4n) is 2.71. The number of carbonyl (C=O) groups excluding carboxylic acids is 2. The third-order valence-corrected chi connectivity index (χ3v) is 4.01. The molecule has 1 fully saturated rings. The smallest absolute Gasteiger partial charge is 0.409 e. The number of nitrogens with zero attached hydrogens (tertiary/aromatic N) is 2. The van der Waals surface area contributed by atoms with Crippen molar-refractivity contribution >= 4 is 23.5 Å². The monoisotopic (exact) mass is 350 g/mol. The van der Waals surface area contributed by atoms with Crippen LogP contribution >= 0.6 is 0 Å². The van der Waals surface area contributed by atoms with Gasteiger partial charge in [-0.3, -0.25) is 10.1 Å². The molecule has 1 aliphatic rings. The molecule has 25 heavy (non-hydrogen) atoms. The molecule has 1 aromatic carbocycles. The SMILES string of the molecule is CCOC(=O)N1CCC(NC(=O)Nc2ccc([N+](=O)[O-])c(C)c2)CC1. The summed E-state index contributed by atoms with van der Waals surface area (Å²) >= 11 is 0. The van der Waals surface area contributed by atoms with Gasteiger partial charge in [0, 0.05) is 36.4 Å². The number of nitro benzene ring substituents is 1. The largest absolute Gasteiger partial charge is 0.450 e. The molecule has 2 N–H and O–H groups in total. The molecule has 0 aromatic heterocycles. The Balaban J connectivity index is 1.82. The summed E-state index contributed by atoms with van der Waals surface area (Å²) in [6, 6.07) is 4.01. The van der Waals surface area contributed by atoms with Crippen LogP contribution in [0.1, 0.15) is 25.3 Å². The van der Waals surface area contributed by atoms with Crippen molar-refractivity contribution in [2.45, 2.75) is 32.7 Å². The van der Waals surface area contributed by atoms with Gasteiger partial charge >= 0.3 is 12.1 Å². The lowest BCUT2D eigenvalue weighted by molar-refractivity contribution is -0.385. The van der Waals surface area contributed by atoms with Crippen molar-refractivity contribution in [2.75, 3.05) is 25.0 Å². The van der Waals surface area contributed by atoms with E-state index >= 15 is 0 Å². The maximum atomic E-state index is 12.1. The summed E-state index contributed by atoms with van der Waals surface area (Å²) in [5.74, 6) is 0. The van der Waals surface area contributed by atoms with Gasteiger partial charge in [-0.1, -0.05) is 0 Å². The van der Waals surface area contributed by atoms with Gasteiger partial charge in [0.25, 0.3) is 5.69 Å². The van der Waals surface area contributed by atoms with Gasteiger partial charge in [0.2, 0.25) is 0 Å². The van der Waals surface area contributed by atoms with Gasteiger partial charge in [-0.15, -0.1) is 0 Å². The molecule has 2 rings (SSSR count). The number of hydrogen-bond acceptors (Lipinski definition) is 5. The number of hydrogen-bond donors (Lipinski definition) is 2. The fourth-order valence-corrected chi connectivity index (χ4v) is 2.71. The summed E-state index contributed by atoms with van der Waals surface area (Å²) in [5, 5.41) is 16.3. The highest BCUT2D eigenvalue weighted by Gasteiger charge is 2.24. The zero-order chi connectivity index (χ0) is 18.4. The number of anilines is 1. The minimum Gasteiger partial charge on any atom is -0.450 e. The molecule has 0 saturated carbocycles. The molecule has 3 amide bonds. The van der Waals surface area contributed by atoms with Crippen molar-refractivity contribution in [3.05, 3.63) is 33.9 Å². The Morgan fingerprint density at radius 2 is 2.04 bits per heavy atom. The molecule has 9 heteroatoms. The van der Waals surface area contributed by atoms with Crippen molar-refractivity contribution in [1.82, 2.24) is 10.2 Å². The second kappa shape index (κ2) is 8.32. The predicted molar refractivity (Wildman–Crippen MR) is 91.6 cm³/mol. The Kier molecular flexibility index (Phi) is 6.15. The van der Waals surface area contributed by atoms with Gasteiger partial charge in [-0.25, -0.2) is 9.59 Å². The van der Waals surface area contributed by atoms with Crippen molar-refractivity contribution in [1.29, 1.82) is 0 Å². The Labute approximate surface area is 145 Å². The first-order valence-electron chi connectivity index (χ1n) is 8.15. The van der Waals surface area contributed by atoms with Gasteiger partial charge in [0.05, 0.1) is 11.5 Å². The molecule has 0 aliphatic carbocycles. The Bertz CT molecular complexity index is 656. The van der Waals surface area contributed by atoms with Crippen LogP contribution in [0.5, 0.6) is 0 Å². The number of aryl methyl sites for hydroxylation is 1. The van der Waals surface area contributed by atoms with Crippen LogP contribution in [0.15, 0.2) is 18.2 Å². The predicted octanol–water partition coefficient (Wildman–Crippen LogP) is 2.65. The molecule has 136 valence electrons. The summed E-state index contributed by atoms with van der Waals surface area (Å²) < 4.78 is 4.95. The molecule has 1 aromatic rings. The molecular weight excluding hydrogens is 328 g/mol. The van der Waals surface area contributed by atoms with Gasteiger partial charge in [0.15, 0.2) is 0 Å². The van der Waals surface area contributed by atoms with Gasteiger partial charge < -0.3 is 20.3 Å². The number of ether oxygens (including phenoxy) is 1. The van der Waals surface area contributed by atoms with Crippen LogP contribution in [0.25, 0.3) is 0 Å². The topological polar surface area (TPSA) is 114 Å². The number of benzene rings is 1. The van der Waals surface area contributed by atoms with Gasteiger partial charge in [-0.05, 0) is 38.8 Å². The maximum Gasteiger partial charge on any atom is 0.409 e. The quantitative estimate of drug-likeness (QED) is 0.640. The van der Waals surface area contributed by atoms with Gasteiger partial charge in [-0.2, -0.15) is 0 Å². The van der Waals surface area contributed by atoms with Crippen molar-refractivity contribution in [3.63, 3.8) is 0 Å². The summed E-state index contributed by atoms with van der Waals surface area (Å²) in [6.07, 6.45) is 0.962. The maximum absolute atomic E-state index is 12.1. The van der Waals surface area contributed by atoms with E-state index < -0.39 is 4.92 Å². The van der Waals surface area contributed by atoms with Crippen molar-refractivity contribution < 1.29 is 19.2 Å². The average molecular weight is 350 g/mol. The number of nitro groups is 1. The third-order valence-electron chi connectivity index (χ3n) is 4.01. The second-order valence-corrected chi connectivity index (χ2v) is 5.82. The van der Waals surface area contributed by atoms with Crippen LogP contribution in [-0.4, -0.2) is 47.7 Å². The first-order chi connectivity index (χ1) is 11.9. The van der Waals surface area contributed by atoms with E-state index in [1.807, 2.05) is 0 Å². The first-order valence-corrected chi connectivity index (χ1v) is 8.15. The number of piperidine rings is 1. The summed E-state index contributed by atoms with van der Waals surface area (Å²) in [5.41, 5.74) is 0.979. The van der Waals surface area contributed by atoms with Crippen LogP contribution in [0.4, 0.5) is 21.0 Å². The Hall–Kier alpha value is -2.84. The minimum absolute atomic E-state index is 0.0114. The molecular formula is C16H22N4O5. The highest BCUT2D eigenvalue weighted by Crippen LogP contribution is 2.21. The van der Waals surface area contributed by atoms with Crippen LogP contribution < -0.4 is 10.6 Å². The summed E-state index contributed by atoms with van der Waals surface area (Å²) in [4.78, 5) is 35.7. The van der Waals surface area contributed by atoms with E-state index in [4.69, 9.17) is 4.74 Å². The minimum atomic E-state index is -0.462. The average Bonchev–Trinajstić information content (AvgIpc) is 2.55. The van der Waals surface area contributed by atoms with Crippen LogP contribution in [0, 0.1) is 17.0 Å². The molecule has 1 heterocycles.